The number of anilines is 1. The van der Waals surface area contributed by atoms with E-state index in [2.05, 4.69) is 0 Å². The van der Waals surface area contributed by atoms with E-state index in [9.17, 15) is 14.7 Å². The Kier molecular flexibility index (Phi) is 4.01. The molecule has 24 heavy (non-hydrogen) atoms. The lowest BCUT2D eigenvalue weighted by atomic mass is 9.86. The Bertz CT molecular complexity index is 813. The molecule has 1 heterocycles. The third-order valence-corrected chi connectivity index (χ3v) is 4.56. The fourth-order valence-corrected chi connectivity index (χ4v) is 3.54. The topological polar surface area (TPSA) is 57.6 Å². The molecule has 0 aromatic heterocycles. The normalized spacial score (nSPS) is 19.5. The minimum atomic E-state index is -1.77. The monoisotopic (exact) mass is 323 g/mol. The van der Waals surface area contributed by atoms with Crippen molar-refractivity contribution in [1.29, 1.82) is 0 Å². The molecule has 1 N–H and O–H groups in total. The highest BCUT2D eigenvalue weighted by Gasteiger charge is 2.51. The first-order chi connectivity index (χ1) is 11.3. The van der Waals surface area contributed by atoms with Crippen molar-refractivity contribution in [3.63, 3.8) is 0 Å². The van der Waals surface area contributed by atoms with Gasteiger partial charge in [0.05, 0.1) is 12.2 Å². The van der Waals surface area contributed by atoms with Crippen LogP contribution in [0, 0.1) is 13.8 Å². The van der Waals surface area contributed by atoms with Crippen LogP contribution in [0.1, 0.15) is 35.6 Å². The summed E-state index contributed by atoms with van der Waals surface area (Å²) in [4.78, 5) is 26.4. The number of benzene rings is 2. The fraction of sp³-hybridized carbons (Fsp3) is 0.300. The molecule has 0 aliphatic carbocycles. The van der Waals surface area contributed by atoms with Crippen molar-refractivity contribution in [2.24, 2.45) is 0 Å². The number of nitrogens with zero attached hydrogens (tertiary/aromatic N) is 1. The molecule has 2 aromatic rings. The number of aryl methyl sites for hydroxylation is 2. The predicted molar refractivity (Wildman–Crippen MR) is 92.7 cm³/mol. The zero-order chi connectivity index (χ0) is 17.5. The second-order valence-corrected chi connectivity index (χ2v) is 6.54. The van der Waals surface area contributed by atoms with E-state index in [1.807, 2.05) is 56.3 Å². The summed E-state index contributed by atoms with van der Waals surface area (Å²) in [5.41, 5.74) is 2.24. The summed E-state index contributed by atoms with van der Waals surface area (Å²) in [6.07, 6.45) is -0.200. The van der Waals surface area contributed by atoms with Crippen LogP contribution in [0.2, 0.25) is 0 Å². The van der Waals surface area contributed by atoms with E-state index in [-0.39, 0.29) is 12.2 Å². The lowest BCUT2D eigenvalue weighted by Crippen LogP contribution is -2.41. The molecular formula is C20H21NO3. The lowest BCUT2D eigenvalue weighted by molar-refractivity contribution is -0.141. The van der Waals surface area contributed by atoms with Crippen LogP contribution in [0.15, 0.2) is 42.5 Å². The first-order valence-corrected chi connectivity index (χ1v) is 8.03. The molecule has 2 aromatic carbocycles. The lowest BCUT2D eigenvalue weighted by Gasteiger charge is -2.22. The summed E-state index contributed by atoms with van der Waals surface area (Å²) < 4.78 is 0. The quantitative estimate of drug-likeness (QED) is 0.941. The van der Waals surface area contributed by atoms with Gasteiger partial charge in [0.2, 0.25) is 0 Å². The van der Waals surface area contributed by atoms with Crippen molar-refractivity contribution < 1.29 is 14.7 Å². The van der Waals surface area contributed by atoms with Crippen molar-refractivity contribution in [2.75, 3.05) is 4.90 Å². The molecule has 1 amide bonds. The maximum atomic E-state index is 13.1. The smallest absolute Gasteiger partial charge is 0.264 e. The highest BCUT2D eigenvalue weighted by molar-refractivity contribution is 6.09. The average Bonchev–Trinajstić information content (AvgIpc) is 2.74. The van der Waals surface area contributed by atoms with Gasteiger partial charge in [-0.15, -0.1) is 0 Å². The molecular weight excluding hydrogens is 302 g/mol. The van der Waals surface area contributed by atoms with Gasteiger partial charge in [0.1, 0.15) is 5.78 Å². The Morgan fingerprint density at radius 2 is 1.71 bits per heavy atom. The summed E-state index contributed by atoms with van der Waals surface area (Å²) in [6.45, 7) is 5.55. The molecule has 124 valence electrons. The number of carbonyl (C=O) groups excluding carboxylic acids is 2. The predicted octanol–water partition coefficient (Wildman–Crippen LogP) is 3.02. The van der Waals surface area contributed by atoms with Crippen LogP contribution in [0.4, 0.5) is 5.69 Å². The van der Waals surface area contributed by atoms with Crippen LogP contribution < -0.4 is 4.90 Å². The summed E-state index contributed by atoms with van der Waals surface area (Å²) in [7, 11) is 0. The minimum Gasteiger partial charge on any atom is -0.375 e. The van der Waals surface area contributed by atoms with Crippen molar-refractivity contribution in [1.82, 2.24) is 0 Å². The molecule has 1 aliphatic heterocycles. The molecule has 0 fully saturated rings. The molecule has 4 nitrogen and oxygen atoms in total. The maximum Gasteiger partial charge on any atom is 0.264 e. The highest BCUT2D eigenvalue weighted by atomic mass is 16.3. The Morgan fingerprint density at radius 1 is 1.08 bits per heavy atom. The number of Topliss-reactive ketones (excluding diaryl/α,β-unsaturated/α-hetero) is 1. The standard InChI is InChI=1S/C20H21NO3/c1-13-9-10-14(2)18-17(13)20(24,11-15(3)22)19(23)21(18)12-16-7-5-4-6-8-16/h4-10,24H,11-12H2,1-3H3. The largest absolute Gasteiger partial charge is 0.375 e. The van der Waals surface area contributed by atoms with Crippen LogP contribution in [0.5, 0.6) is 0 Å². The molecule has 0 saturated heterocycles. The van der Waals surface area contributed by atoms with Gasteiger partial charge in [-0.05, 0) is 37.5 Å². The second-order valence-electron chi connectivity index (χ2n) is 6.54. The maximum absolute atomic E-state index is 13.1. The molecule has 0 bridgehead atoms. The summed E-state index contributed by atoms with van der Waals surface area (Å²) in [5.74, 6) is -0.631. The van der Waals surface area contributed by atoms with Crippen molar-refractivity contribution >= 4 is 17.4 Å². The van der Waals surface area contributed by atoms with Gasteiger partial charge in [0, 0.05) is 12.0 Å². The number of ketones is 1. The van der Waals surface area contributed by atoms with Crippen LogP contribution in [-0.2, 0) is 21.7 Å². The summed E-state index contributed by atoms with van der Waals surface area (Å²) in [6, 6.07) is 13.5. The molecule has 4 heteroatoms. The Balaban J connectivity index is 2.15. The molecule has 0 radical (unpaired) electrons. The van der Waals surface area contributed by atoms with Gasteiger partial charge in [-0.25, -0.2) is 0 Å². The number of amides is 1. The third-order valence-electron chi connectivity index (χ3n) is 4.56. The average molecular weight is 323 g/mol. The number of carbonyl (C=O) groups is 2. The molecule has 0 spiro atoms. The Morgan fingerprint density at radius 3 is 2.33 bits per heavy atom. The highest BCUT2D eigenvalue weighted by Crippen LogP contribution is 2.46. The zero-order valence-electron chi connectivity index (χ0n) is 14.2. The van der Waals surface area contributed by atoms with Crippen LogP contribution in [0.3, 0.4) is 0 Å². The van der Waals surface area contributed by atoms with E-state index in [0.717, 1.165) is 22.4 Å². The van der Waals surface area contributed by atoms with E-state index in [1.54, 1.807) is 4.90 Å². The molecule has 0 saturated carbocycles. The van der Waals surface area contributed by atoms with E-state index >= 15 is 0 Å². The third kappa shape index (κ3) is 2.53. The van der Waals surface area contributed by atoms with Crippen LogP contribution in [0.25, 0.3) is 0 Å². The zero-order valence-corrected chi connectivity index (χ0v) is 14.2. The Labute approximate surface area is 141 Å². The fourth-order valence-electron chi connectivity index (χ4n) is 3.54. The van der Waals surface area contributed by atoms with Gasteiger partial charge >= 0.3 is 0 Å². The minimum absolute atomic E-state index is 0.200. The Hall–Kier alpha value is -2.46. The van der Waals surface area contributed by atoms with Gasteiger partial charge in [0.15, 0.2) is 5.60 Å². The van der Waals surface area contributed by atoms with Crippen LogP contribution >= 0.6 is 0 Å². The van der Waals surface area contributed by atoms with Crippen LogP contribution in [-0.4, -0.2) is 16.8 Å². The second kappa shape index (κ2) is 5.87. The van der Waals surface area contributed by atoms with Gasteiger partial charge < -0.3 is 10.0 Å². The van der Waals surface area contributed by atoms with Crippen molar-refractivity contribution in [3.8, 4) is 0 Å². The number of rotatable bonds is 4. The summed E-state index contributed by atoms with van der Waals surface area (Å²) in [5, 5.41) is 11.1. The van der Waals surface area contributed by atoms with Gasteiger partial charge in [-0.2, -0.15) is 0 Å². The number of hydrogen-bond acceptors (Lipinski definition) is 3. The van der Waals surface area contributed by atoms with Gasteiger partial charge in [0.25, 0.3) is 5.91 Å². The SMILES string of the molecule is CC(=O)CC1(O)C(=O)N(Cc2ccccc2)c2c(C)ccc(C)c21. The molecule has 1 aliphatic rings. The first-order valence-electron chi connectivity index (χ1n) is 8.03. The van der Waals surface area contributed by atoms with E-state index in [0.29, 0.717) is 12.1 Å². The first kappa shape index (κ1) is 16.4. The van der Waals surface area contributed by atoms with Crippen molar-refractivity contribution in [3.05, 3.63) is 64.7 Å². The number of fused-ring (bicyclic) bond motifs is 1. The van der Waals surface area contributed by atoms with E-state index in [1.165, 1.54) is 6.92 Å². The van der Waals surface area contributed by atoms with Crippen molar-refractivity contribution in [2.45, 2.75) is 39.3 Å². The van der Waals surface area contributed by atoms with Gasteiger partial charge in [-0.3, -0.25) is 9.59 Å². The molecule has 3 rings (SSSR count). The molecule has 1 atom stereocenters. The van der Waals surface area contributed by atoms with Gasteiger partial charge in [-0.1, -0.05) is 42.5 Å². The van der Waals surface area contributed by atoms with E-state index in [4.69, 9.17) is 0 Å². The number of aliphatic hydroxyl groups is 1. The molecule has 1 unspecified atom stereocenters. The summed E-state index contributed by atoms with van der Waals surface area (Å²) >= 11 is 0. The van der Waals surface area contributed by atoms with E-state index < -0.39 is 11.5 Å². The number of hydrogen-bond donors (Lipinski definition) is 1.